The molecule has 1 aliphatic rings. The number of carbonyl (C=O) groups excluding carboxylic acids is 2. The van der Waals surface area contributed by atoms with E-state index in [9.17, 15) is 9.59 Å². The number of nitrogens with zero attached hydrogens (tertiary/aromatic N) is 3. The average molecular weight is 474 g/mol. The van der Waals surface area contributed by atoms with E-state index >= 15 is 0 Å². The van der Waals surface area contributed by atoms with E-state index < -0.39 is 0 Å². The van der Waals surface area contributed by atoms with E-state index in [0.717, 1.165) is 5.69 Å². The number of anilines is 3. The minimum absolute atomic E-state index is 0.0253. The Morgan fingerprint density at radius 2 is 1.74 bits per heavy atom. The van der Waals surface area contributed by atoms with Gasteiger partial charge in [0.05, 0.1) is 5.92 Å². The van der Waals surface area contributed by atoms with Crippen molar-refractivity contribution in [3.05, 3.63) is 89.8 Å². The van der Waals surface area contributed by atoms with Gasteiger partial charge in [-0.2, -0.15) is 4.98 Å². The maximum atomic E-state index is 12.6. The first-order valence-electron chi connectivity index (χ1n) is 10.7. The molecule has 0 aliphatic carbocycles. The molecule has 3 amide bonds. The number of hydrogen-bond donors (Lipinski definition) is 2. The zero-order chi connectivity index (χ0) is 23.5. The Morgan fingerprint density at radius 3 is 2.56 bits per heavy atom. The molecule has 2 N–H and O–H groups in total. The third kappa shape index (κ3) is 4.77. The fourth-order valence-electron chi connectivity index (χ4n) is 3.84. The van der Waals surface area contributed by atoms with E-state index in [1.54, 1.807) is 47.4 Å². The van der Waals surface area contributed by atoms with Crippen LogP contribution in [0, 0.1) is 0 Å². The van der Waals surface area contributed by atoms with Crippen molar-refractivity contribution in [2.75, 3.05) is 22.1 Å². The fourth-order valence-corrected chi connectivity index (χ4v) is 4.02. The zero-order valence-electron chi connectivity index (χ0n) is 17.9. The molecule has 1 atom stereocenters. The molecule has 1 aliphatic heterocycles. The Bertz CT molecular complexity index is 1340. The number of nitrogens with one attached hydrogen (secondary N) is 2. The SMILES string of the molecule is O=C(Nc1ccccc1)Nc1cccc(-c2noc([C@@H]3CC(=O)N(c4cccc(Cl)c4)C3)n2)c1. The van der Waals surface area contributed by atoms with Crippen molar-refractivity contribution in [2.45, 2.75) is 12.3 Å². The van der Waals surface area contributed by atoms with Gasteiger partial charge < -0.3 is 20.1 Å². The molecule has 3 aromatic carbocycles. The summed E-state index contributed by atoms with van der Waals surface area (Å²) in [5.41, 5.74) is 2.70. The van der Waals surface area contributed by atoms with Crippen LogP contribution in [0.1, 0.15) is 18.2 Å². The summed E-state index contributed by atoms with van der Waals surface area (Å²) in [5, 5.41) is 10.2. The largest absolute Gasteiger partial charge is 0.339 e. The van der Waals surface area contributed by atoms with Gasteiger partial charge in [0, 0.05) is 40.6 Å². The highest BCUT2D eigenvalue weighted by Gasteiger charge is 2.35. The Balaban J connectivity index is 1.27. The lowest BCUT2D eigenvalue weighted by Crippen LogP contribution is -2.24. The van der Waals surface area contributed by atoms with Crippen LogP contribution >= 0.6 is 11.6 Å². The predicted octanol–water partition coefficient (Wildman–Crippen LogP) is 5.55. The summed E-state index contributed by atoms with van der Waals surface area (Å²) in [6.07, 6.45) is 0.273. The smallest absolute Gasteiger partial charge is 0.323 e. The van der Waals surface area contributed by atoms with Crippen molar-refractivity contribution in [2.24, 2.45) is 0 Å². The van der Waals surface area contributed by atoms with Crippen molar-refractivity contribution < 1.29 is 14.1 Å². The molecule has 0 saturated carbocycles. The van der Waals surface area contributed by atoms with E-state index in [0.29, 0.717) is 40.2 Å². The minimum Gasteiger partial charge on any atom is -0.339 e. The Labute approximate surface area is 200 Å². The van der Waals surface area contributed by atoms with E-state index in [-0.39, 0.29) is 24.3 Å². The molecule has 1 aromatic heterocycles. The fraction of sp³-hybridized carbons (Fsp3) is 0.120. The highest BCUT2D eigenvalue weighted by atomic mass is 35.5. The summed E-state index contributed by atoms with van der Waals surface area (Å²) in [6, 6.07) is 23.1. The molecule has 5 rings (SSSR count). The molecule has 0 bridgehead atoms. The summed E-state index contributed by atoms with van der Waals surface area (Å²) in [4.78, 5) is 31.1. The lowest BCUT2D eigenvalue weighted by molar-refractivity contribution is -0.117. The van der Waals surface area contributed by atoms with Gasteiger partial charge in [-0.15, -0.1) is 0 Å². The van der Waals surface area contributed by atoms with E-state index in [1.807, 2.05) is 36.4 Å². The van der Waals surface area contributed by atoms with Crippen molar-refractivity contribution in [3.8, 4) is 11.4 Å². The van der Waals surface area contributed by atoms with Crippen LogP contribution in [0.5, 0.6) is 0 Å². The van der Waals surface area contributed by atoms with Crippen molar-refractivity contribution in [1.82, 2.24) is 10.1 Å². The van der Waals surface area contributed by atoms with Crippen LogP contribution in [0.2, 0.25) is 5.02 Å². The van der Waals surface area contributed by atoms with Gasteiger partial charge in [0.1, 0.15) is 0 Å². The first-order chi connectivity index (χ1) is 16.5. The molecule has 1 fully saturated rings. The van der Waals surface area contributed by atoms with Crippen LogP contribution in [0.15, 0.2) is 83.4 Å². The summed E-state index contributed by atoms with van der Waals surface area (Å²) in [6.45, 7) is 0.433. The number of hydrogen-bond acceptors (Lipinski definition) is 5. The summed E-state index contributed by atoms with van der Waals surface area (Å²) >= 11 is 6.07. The number of amides is 3. The molecular weight excluding hydrogens is 454 g/mol. The normalized spacial score (nSPS) is 15.4. The number of para-hydroxylation sites is 1. The second kappa shape index (κ2) is 9.36. The van der Waals surface area contributed by atoms with Crippen molar-refractivity contribution in [3.63, 3.8) is 0 Å². The van der Waals surface area contributed by atoms with Crippen LogP contribution in [0.3, 0.4) is 0 Å². The number of rotatable bonds is 5. The maximum Gasteiger partial charge on any atom is 0.323 e. The first kappa shape index (κ1) is 21.7. The number of carbonyl (C=O) groups is 2. The van der Waals surface area contributed by atoms with Crippen LogP contribution in [0.4, 0.5) is 21.9 Å². The number of halogens is 1. The average Bonchev–Trinajstić information content (AvgIpc) is 3.47. The second-order valence-corrected chi connectivity index (χ2v) is 8.30. The molecule has 0 spiro atoms. The molecule has 170 valence electrons. The highest BCUT2D eigenvalue weighted by Crippen LogP contribution is 2.33. The third-order valence-electron chi connectivity index (χ3n) is 5.45. The lowest BCUT2D eigenvalue weighted by Gasteiger charge is -2.16. The number of benzene rings is 3. The van der Waals surface area contributed by atoms with Crippen LogP contribution < -0.4 is 15.5 Å². The number of aromatic nitrogens is 2. The molecule has 2 heterocycles. The summed E-state index contributed by atoms with van der Waals surface area (Å²) < 4.78 is 5.49. The van der Waals surface area contributed by atoms with Gasteiger partial charge in [0.25, 0.3) is 0 Å². The highest BCUT2D eigenvalue weighted by molar-refractivity contribution is 6.30. The second-order valence-electron chi connectivity index (χ2n) is 7.87. The van der Waals surface area contributed by atoms with Crippen LogP contribution in [0.25, 0.3) is 11.4 Å². The third-order valence-corrected chi connectivity index (χ3v) is 5.68. The Morgan fingerprint density at radius 1 is 0.971 bits per heavy atom. The van der Waals surface area contributed by atoms with Gasteiger partial charge in [-0.1, -0.05) is 53.2 Å². The standard InChI is InChI=1S/C25H20ClN5O3/c26-18-7-5-11-21(14-18)31-15-17(13-22(31)32)24-29-23(30-34-24)16-6-4-10-20(12-16)28-25(33)27-19-8-2-1-3-9-19/h1-12,14,17H,13,15H2,(H2,27,28,33)/t17-/m1/s1. The Kier molecular flexibility index (Phi) is 5.97. The van der Waals surface area contributed by atoms with Crippen LogP contribution in [-0.4, -0.2) is 28.6 Å². The number of urea groups is 1. The predicted molar refractivity (Wildman–Crippen MR) is 130 cm³/mol. The Hall–Kier alpha value is -4.17. The zero-order valence-corrected chi connectivity index (χ0v) is 18.7. The van der Waals surface area contributed by atoms with Gasteiger partial charge >= 0.3 is 6.03 Å². The molecule has 1 saturated heterocycles. The molecule has 34 heavy (non-hydrogen) atoms. The van der Waals surface area contributed by atoms with Gasteiger partial charge in [-0.05, 0) is 42.5 Å². The minimum atomic E-state index is -0.359. The summed E-state index contributed by atoms with van der Waals surface area (Å²) in [5.74, 6) is 0.539. The van der Waals surface area contributed by atoms with Gasteiger partial charge in [-0.3, -0.25) is 4.79 Å². The van der Waals surface area contributed by atoms with Gasteiger partial charge in [0.2, 0.25) is 17.6 Å². The van der Waals surface area contributed by atoms with E-state index in [4.69, 9.17) is 16.1 Å². The molecule has 4 aromatic rings. The first-order valence-corrected chi connectivity index (χ1v) is 11.1. The lowest BCUT2D eigenvalue weighted by atomic mass is 10.1. The van der Waals surface area contributed by atoms with Crippen molar-refractivity contribution >= 4 is 40.6 Å². The molecule has 0 unspecified atom stereocenters. The molecule has 9 heteroatoms. The topological polar surface area (TPSA) is 100 Å². The maximum absolute atomic E-state index is 12.6. The van der Waals surface area contributed by atoms with Crippen molar-refractivity contribution in [1.29, 1.82) is 0 Å². The van der Waals surface area contributed by atoms with E-state index in [2.05, 4.69) is 20.8 Å². The molecular formula is C25H20ClN5O3. The quantitative estimate of drug-likeness (QED) is 0.395. The van der Waals surface area contributed by atoms with Crippen LogP contribution in [-0.2, 0) is 4.79 Å². The van der Waals surface area contributed by atoms with Gasteiger partial charge in [0.15, 0.2) is 0 Å². The monoisotopic (exact) mass is 473 g/mol. The molecule has 8 nitrogen and oxygen atoms in total. The summed E-state index contributed by atoms with van der Waals surface area (Å²) in [7, 11) is 0. The molecule has 0 radical (unpaired) electrons. The van der Waals surface area contributed by atoms with Gasteiger partial charge in [-0.25, -0.2) is 4.79 Å². The van der Waals surface area contributed by atoms with E-state index in [1.165, 1.54) is 0 Å².